The number of hydrazone groups is 1. The molecule has 1 aliphatic heterocycles. The highest BCUT2D eigenvalue weighted by atomic mass is 16.5. The highest BCUT2D eigenvalue weighted by Crippen LogP contribution is 2.25. The minimum atomic E-state index is 0.276. The van der Waals surface area contributed by atoms with Gasteiger partial charge in [0.1, 0.15) is 5.75 Å². The van der Waals surface area contributed by atoms with E-state index in [1.807, 2.05) is 25.1 Å². The third-order valence-electron chi connectivity index (χ3n) is 3.45. The van der Waals surface area contributed by atoms with Crippen molar-refractivity contribution >= 4 is 5.71 Å². The average Bonchev–Trinajstić information content (AvgIpc) is 2.99. The van der Waals surface area contributed by atoms with Crippen molar-refractivity contribution in [1.82, 2.24) is 5.43 Å². The predicted octanol–water partition coefficient (Wildman–Crippen LogP) is 3.52. The molecule has 0 fully saturated rings. The predicted molar refractivity (Wildman–Crippen MR) is 81.1 cm³/mol. The van der Waals surface area contributed by atoms with Crippen LogP contribution >= 0.6 is 0 Å². The van der Waals surface area contributed by atoms with Crippen molar-refractivity contribution in [2.24, 2.45) is 5.10 Å². The highest BCUT2D eigenvalue weighted by Gasteiger charge is 2.20. The van der Waals surface area contributed by atoms with Crippen molar-refractivity contribution in [1.29, 1.82) is 0 Å². The second-order valence-corrected chi connectivity index (χ2v) is 4.81. The summed E-state index contributed by atoms with van der Waals surface area (Å²) in [4.78, 5) is 0. The van der Waals surface area contributed by atoms with Crippen LogP contribution < -0.4 is 10.2 Å². The molecular weight excluding hydrogens is 248 g/mol. The Morgan fingerprint density at radius 3 is 2.55 bits per heavy atom. The number of hydrogen-bond donors (Lipinski definition) is 1. The Labute approximate surface area is 119 Å². The van der Waals surface area contributed by atoms with Gasteiger partial charge in [0, 0.05) is 6.42 Å². The van der Waals surface area contributed by atoms with Gasteiger partial charge in [0.05, 0.1) is 18.4 Å². The molecule has 1 unspecified atom stereocenters. The van der Waals surface area contributed by atoms with E-state index < -0.39 is 0 Å². The minimum absolute atomic E-state index is 0.276. The van der Waals surface area contributed by atoms with E-state index in [2.05, 4.69) is 46.9 Å². The van der Waals surface area contributed by atoms with Crippen LogP contribution in [0.15, 0.2) is 59.7 Å². The van der Waals surface area contributed by atoms with Gasteiger partial charge in [-0.05, 0) is 42.3 Å². The summed E-state index contributed by atoms with van der Waals surface area (Å²) in [6.07, 6.45) is 0.915. The third-order valence-corrected chi connectivity index (χ3v) is 3.45. The smallest absolute Gasteiger partial charge is 0.119 e. The van der Waals surface area contributed by atoms with Gasteiger partial charge in [-0.2, -0.15) is 5.10 Å². The molecule has 20 heavy (non-hydrogen) atoms. The van der Waals surface area contributed by atoms with Gasteiger partial charge in [-0.3, -0.25) is 0 Å². The molecule has 1 heterocycles. The third kappa shape index (κ3) is 2.67. The molecule has 0 radical (unpaired) electrons. The first-order chi connectivity index (χ1) is 9.86. The summed E-state index contributed by atoms with van der Waals surface area (Å²) in [6, 6.07) is 18.8. The van der Waals surface area contributed by atoms with E-state index in [4.69, 9.17) is 4.74 Å². The number of nitrogens with one attached hydrogen (secondary N) is 1. The first-order valence-electron chi connectivity index (χ1n) is 6.97. The Morgan fingerprint density at radius 2 is 1.85 bits per heavy atom. The summed E-state index contributed by atoms with van der Waals surface area (Å²) in [5, 5.41) is 4.47. The first kappa shape index (κ1) is 12.7. The molecule has 2 aromatic rings. The standard InChI is InChI=1S/C17H18N2O/c1-2-20-15-10-8-14(9-11-15)17-12-16(18-19-17)13-6-4-3-5-7-13/h3-11,16,18H,2,12H2,1H3. The zero-order chi connectivity index (χ0) is 13.8. The van der Waals surface area contributed by atoms with Crippen LogP contribution in [0.4, 0.5) is 0 Å². The molecule has 1 aliphatic rings. The van der Waals surface area contributed by atoms with Crippen LogP contribution in [-0.4, -0.2) is 12.3 Å². The molecule has 3 rings (SSSR count). The zero-order valence-electron chi connectivity index (χ0n) is 11.5. The molecular formula is C17H18N2O. The van der Waals surface area contributed by atoms with Gasteiger partial charge in [-0.25, -0.2) is 0 Å². The monoisotopic (exact) mass is 266 g/mol. The Balaban J connectivity index is 1.70. The van der Waals surface area contributed by atoms with Gasteiger partial charge in [-0.15, -0.1) is 0 Å². The van der Waals surface area contributed by atoms with E-state index in [1.54, 1.807) is 0 Å². The van der Waals surface area contributed by atoms with Crippen molar-refractivity contribution in [3.8, 4) is 5.75 Å². The van der Waals surface area contributed by atoms with Gasteiger partial charge in [-0.1, -0.05) is 30.3 Å². The molecule has 0 aliphatic carbocycles. The largest absolute Gasteiger partial charge is 0.494 e. The fourth-order valence-electron chi connectivity index (χ4n) is 2.41. The van der Waals surface area contributed by atoms with Crippen LogP contribution in [0.25, 0.3) is 0 Å². The van der Waals surface area contributed by atoms with Crippen LogP contribution in [0.1, 0.15) is 30.5 Å². The van der Waals surface area contributed by atoms with Gasteiger partial charge in [0.25, 0.3) is 0 Å². The highest BCUT2D eigenvalue weighted by molar-refractivity contribution is 6.01. The fraction of sp³-hybridized carbons (Fsp3) is 0.235. The summed E-state index contributed by atoms with van der Waals surface area (Å²) in [5.74, 6) is 0.905. The van der Waals surface area contributed by atoms with Crippen LogP contribution in [0.2, 0.25) is 0 Å². The van der Waals surface area contributed by atoms with Crippen molar-refractivity contribution in [3.05, 3.63) is 65.7 Å². The van der Waals surface area contributed by atoms with Crippen LogP contribution in [-0.2, 0) is 0 Å². The summed E-state index contributed by atoms with van der Waals surface area (Å²) < 4.78 is 5.46. The maximum absolute atomic E-state index is 5.46. The van der Waals surface area contributed by atoms with Gasteiger partial charge < -0.3 is 10.2 Å². The van der Waals surface area contributed by atoms with Crippen LogP contribution in [0, 0.1) is 0 Å². The molecule has 2 aromatic carbocycles. The van der Waals surface area contributed by atoms with E-state index >= 15 is 0 Å². The number of benzene rings is 2. The van der Waals surface area contributed by atoms with Crippen molar-refractivity contribution in [3.63, 3.8) is 0 Å². The molecule has 3 heteroatoms. The Morgan fingerprint density at radius 1 is 1.10 bits per heavy atom. The Hall–Kier alpha value is -2.29. The number of ether oxygens (including phenoxy) is 1. The molecule has 1 N–H and O–H groups in total. The molecule has 1 atom stereocenters. The second-order valence-electron chi connectivity index (χ2n) is 4.81. The lowest BCUT2D eigenvalue weighted by atomic mass is 9.99. The van der Waals surface area contributed by atoms with Crippen molar-refractivity contribution < 1.29 is 4.74 Å². The second kappa shape index (κ2) is 5.78. The number of nitrogens with zero attached hydrogens (tertiary/aromatic N) is 1. The molecule has 102 valence electrons. The maximum Gasteiger partial charge on any atom is 0.119 e. The quantitative estimate of drug-likeness (QED) is 0.918. The summed E-state index contributed by atoms with van der Waals surface area (Å²) >= 11 is 0. The molecule has 3 nitrogen and oxygen atoms in total. The van der Waals surface area contributed by atoms with Crippen LogP contribution in [0.3, 0.4) is 0 Å². The first-order valence-corrected chi connectivity index (χ1v) is 6.97. The van der Waals surface area contributed by atoms with Gasteiger partial charge in [0.2, 0.25) is 0 Å². The molecule has 0 spiro atoms. The maximum atomic E-state index is 5.46. The minimum Gasteiger partial charge on any atom is -0.494 e. The van der Waals surface area contributed by atoms with Crippen molar-refractivity contribution in [2.75, 3.05) is 6.61 Å². The molecule has 0 aromatic heterocycles. The number of rotatable bonds is 4. The molecule has 0 saturated carbocycles. The van der Waals surface area contributed by atoms with Crippen molar-refractivity contribution in [2.45, 2.75) is 19.4 Å². The lowest BCUT2D eigenvalue weighted by Crippen LogP contribution is -2.09. The Kier molecular flexibility index (Phi) is 3.68. The molecule has 0 bridgehead atoms. The lowest BCUT2D eigenvalue weighted by molar-refractivity contribution is 0.340. The van der Waals surface area contributed by atoms with Crippen LogP contribution in [0.5, 0.6) is 5.75 Å². The lowest BCUT2D eigenvalue weighted by Gasteiger charge is -2.09. The average molecular weight is 266 g/mol. The van der Waals surface area contributed by atoms with E-state index in [1.165, 1.54) is 5.56 Å². The van der Waals surface area contributed by atoms with E-state index in [0.29, 0.717) is 6.61 Å². The summed E-state index contributed by atoms with van der Waals surface area (Å²) in [6.45, 7) is 2.68. The summed E-state index contributed by atoms with van der Waals surface area (Å²) in [7, 11) is 0. The van der Waals surface area contributed by atoms with E-state index in [0.717, 1.165) is 23.4 Å². The molecule has 0 amide bonds. The van der Waals surface area contributed by atoms with Gasteiger partial charge >= 0.3 is 0 Å². The SMILES string of the molecule is CCOc1ccc(C2=NNC(c3ccccc3)C2)cc1. The van der Waals surface area contributed by atoms with E-state index in [-0.39, 0.29) is 6.04 Å². The topological polar surface area (TPSA) is 33.6 Å². The normalized spacial score (nSPS) is 17.4. The number of hydrogen-bond acceptors (Lipinski definition) is 3. The van der Waals surface area contributed by atoms with Gasteiger partial charge in [0.15, 0.2) is 0 Å². The van der Waals surface area contributed by atoms with E-state index in [9.17, 15) is 0 Å². The Bertz CT molecular complexity index is 590. The molecule has 0 saturated heterocycles. The summed E-state index contributed by atoms with van der Waals surface area (Å²) in [5.41, 5.74) is 6.74. The zero-order valence-corrected chi connectivity index (χ0v) is 11.5. The fourth-order valence-corrected chi connectivity index (χ4v) is 2.41.